The highest BCUT2D eigenvalue weighted by molar-refractivity contribution is 5.78. The summed E-state index contributed by atoms with van der Waals surface area (Å²) in [5.74, 6) is 1.67. The number of ether oxygens (including phenoxy) is 1. The molecule has 1 aliphatic heterocycles. The van der Waals surface area contributed by atoms with E-state index in [1.807, 2.05) is 44.2 Å². The van der Waals surface area contributed by atoms with Crippen molar-refractivity contribution in [3.63, 3.8) is 0 Å². The Kier molecular flexibility index (Phi) is 6.47. The summed E-state index contributed by atoms with van der Waals surface area (Å²) in [7, 11) is 1.65. The molecule has 1 fully saturated rings. The van der Waals surface area contributed by atoms with E-state index in [9.17, 15) is 4.79 Å². The zero-order chi connectivity index (χ0) is 19.2. The van der Waals surface area contributed by atoms with Crippen molar-refractivity contribution in [2.24, 2.45) is 0 Å². The summed E-state index contributed by atoms with van der Waals surface area (Å²) < 4.78 is 10.5. The van der Waals surface area contributed by atoms with E-state index in [1.165, 1.54) is 0 Å². The van der Waals surface area contributed by atoms with Crippen LogP contribution in [0.3, 0.4) is 0 Å². The Bertz CT molecular complexity index is 753. The first kappa shape index (κ1) is 19.4. The number of nitrogens with zero attached hydrogens (tertiary/aromatic N) is 3. The Balaban J connectivity index is 1.44. The Hall–Kier alpha value is -2.38. The molecule has 1 aromatic carbocycles. The molecule has 7 nitrogen and oxygen atoms in total. The highest BCUT2D eigenvalue weighted by atomic mass is 16.5. The lowest BCUT2D eigenvalue weighted by Gasteiger charge is -2.34. The topological polar surface area (TPSA) is 70.8 Å². The number of nitrogens with one attached hydrogen (secondary N) is 1. The van der Waals surface area contributed by atoms with Crippen LogP contribution in [0.2, 0.25) is 0 Å². The maximum Gasteiger partial charge on any atom is 0.234 e. The van der Waals surface area contributed by atoms with Crippen LogP contribution in [0.4, 0.5) is 0 Å². The molecule has 0 spiro atoms. The lowest BCUT2D eigenvalue weighted by molar-refractivity contribution is -0.123. The third-order valence-corrected chi connectivity index (χ3v) is 4.88. The second-order valence-electron chi connectivity index (χ2n) is 7.01. The first-order valence-electron chi connectivity index (χ1n) is 9.34. The molecule has 3 rings (SSSR count). The summed E-state index contributed by atoms with van der Waals surface area (Å²) in [5, 5.41) is 7.12. The van der Waals surface area contributed by atoms with Crippen LogP contribution in [0.25, 0.3) is 0 Å². The number of para-hydroxylation sites is 1. The monoisotopic (exact) mass is 372 g/mol. The normalized spacial score (nSPS) is 16.9. The number of amides is 1. The van der Waals surface area contributed by atoms with Gasteiger partial charge >= 0.3 is 0 Å². The van der Waals surface area contributed by atoms with Crippen LogP contribution in [0.1, 0.15) is 30.0 Å². The maximum atomic E-state index is 12.4. The van der Waals surface area contributed by atoms with Gasteiger partial charge in [0.15, 0.2) is 0 Å². The highest BCUT2D eigenvalue weighted by Gasteiger charge is 2.21. The number of benzene rings is 1. The highest BCUT2D eigenvalue weighted by Crippen LogP contribution is 2.24. The van der Waals surface area contributed by atoms with Gasteiger partial charge in [0, 0.05) is 44.4 Å². The van der Waals surface area contributed by atoms with Gasteiger partial charge in [-0.3, -0.25) is 14.6 Å². The molecule has 1 amide bonds. The predicted molar refractivity (Wildman–Crippen MR) is 103 cm³/mol. The van der Waals surface area contributed by atoms with Crippen LogP contribution in [-0.4, -0.2) is 60.7 Å². The minimum absolute atomic E-state index is 0.0361. The largest absolute Gasteiger partial charge is 0.496 e. The Morgan fingerprint density at radius 1 is 1.26 bits per heavy atom. The van der Waals surface area contributed by atoms with Gasteiger partial charge in [-0.2, -0.15) is 0 Å². The van der Waals surface area contributed by atoms with Crippen molar-refractivity contribution >= 4 is 5.91 Å². The molecule has 1 N–H and O–H groups in total. The van der Waals surface area contributed by atoms with E-state index < -0.39 is 0 Å². The molecule has 1 saturated heterocycles. The molecule has 2 aromatic rings. The van der Waals surface area contributed by atoms with Crippen LogP contribution in [-0.2, 0) is 11.3 Å². The van der Waals surface area contributed by atoms with E-state index in [0.29, 0.717) is 6.54 Å². The average molecular weight is 372 g/mol. The van der Waals surface area contributed by atoms with E-state index in [1.54, 1.807) is 7.11 Å². The van der Waals surface area contributed by atoms with E-state index >= 15 is 0 Å². The summed E-state index contributed by atoms with van der Waals surface area (Å²) in [4.78, 5) is 17.0. The fraction of sp³-hybridized carbons (Fsp3) is 0.500. The van der Waals surface area contributed by atoms with Gasteiger partial charge < -0.3 is 14.6 Å². The van der Waals surface area contributed by atoms with Gasteiger partial charge in [0.25, 0.3) is 0 Å². The number of methoxy groups -OCH3 is 1. The SMILES string of the molecule is COc1ccccc1C(C)NC(=O)CN1CCN(Cc2cc(C)on2)CC1. The smallest absolute Gasteiger partial charge is 0.234 e. The van der Waals surface area contributed by atoms with Crippen molar-refractivity contribution in [2.45, 2.75) is 26.4 Å². The number of piperazine rings is 1. The lowest BCUT2D eigenvalue weighted by atomic mass is 10.1. The third kappa shape index (κ3) is 5.30. The van der Waals surface area contributed by atoms with E-state index in [-0.39, 0.29) is 11.9 Å². The molecule has 27 heavy (non-hydrogen) atoms. The molecule has 0 bridgehead atoms. The summed E-state index contributed by atoms with van der Waals surface area (Å²) in [6.45, 7) is 8.66. The van der Waals surface area contributed by atoms with E-state index in [4.69, 9.17) is 9.26 Å². The molecular formula is C20H28N4O3. The molecule has 1 aliphatic rings. The Morgan fingerprint density at radius 3 is 2.63 bits per heavy atom. The number of carbonyl (C=O) groups excluding carboxylic acids is 1. The summed E-state index contributed by atoms with van der Waals surface area (Å²) in [5.41, 5.74) is 1.95. The number of aryl methyl sites for hydroxylation is 1. The molecule has 146 valence electrons. The first-order chi connectivity index (χ1) is 13.0. The van der Waals surface area contributed by atoms with Gasteiger partial charge in [-0.1, -0.05) is 23.4 Å². The molecule has 1 atom stereocenters. The van der Waals surface area contributed by atoms with Crippen molar-refractivity contribution in [3.05, 3.63) is 47.3 Å². The molecule has 0 aliphatic carbocycles. The van der Waals surface area contributed by atoms with Gasteiger partial charge in [-0.15, -0.1) is 0 Å². The van der Waals surface area contributed by atoms with Crippen molar-refractivity contribution in [1.29, 1.82) is 0 Å². The van der Waals surface area contributed by atoms with Crippen molar-refractivity contribution < 1.29 is 14.1 Å². The zero-order valence-corrected chi connectivity index (χ0v) is 16.3. The van der Waals surface area contributed by atoms with Gasteiger partial charge in [-0.05, 0) is 19.9 Å². The molecule has 2 heterocycles. The van der Waals surface area contributed by atoms with E-state index in [2.05, 4.69) is 20.3 Å². The number of aromatic nitrogens is 1. The summed E-state index contributed by atoms with van der Waals surface area (Å²) >= 11 is 0. The summed E-state index contributed by atoms with van der Waals surface area (Å²) in [6.07, 6.45) is 0. The first-order valence-corrected chi connectivity index (χ1v) is 9.34. The fourth-order valence-electron chi connectivity index (χ4n) is 3.42. The number of carbonyl (C=O) groups is 1. The number of hydrogen-bond donors (Lipinski definition) is 1. The standard InChI is InChI=1S/C20H28N4O3/c1-15-12-17(22-27-15)13-23-8-10-24(11-9-23)14-20(25)21-16(2)18-6-4-5-7-19(18)26-3/h4-7,12,16H,8-11,13-14H2,1-3H3,(H,21,25). The molecule has 0 saturated carbocycles. The van der Waals surface area contributed by atoms with Crippen molar-refractivity contribution in [1.82, 2.24) is 20.3 Å². The van der Waals surface area contributed by atoms with Crippen molar-refractivity contribution in [2.75, 3.05) is 39.8 Å². The van der Waals surface area contributed by atoms with Crippen LogP contribution >= 0.6 is 0 Å². The van der Waals surface area contributed by atoms with Gasteiger partial charge in [0.1, 0.15) is 11.5 Å². The zero-order valence-electron chi connectivity index (χ0n) is 16.3. The molecular weight excluding hydrogens is 344 g/mol. The van der Waals surface area contributed by atoms with Crippen LogP contribution in [0.15, 0.2) is 34.9 Å². The second kappa shape index (κ2) is 9.01. The quantitative estimate of drug-likeness (QED) is 0.801. The summed E-state index contributed by atoms with van der Waals surface area (Å²) in [6, 6.07) is 9.65. The fourth-order valence-corrected chi connectivity index (χ4v) is 3.42. The molecule has 0 radical (unpaired) electrons. The maximum absolute atomic E-state index is 12.4. The molecule has 1 aromatic heterocycles. The predicted octanol–water partition coefficient (Wildman–Crippen LogP) is 1.99. The third-order valence-electron chi connectivity index (χ3n) is 4.88. The van der Waals surface area contributed by atoms with Gasteiger partial charge in [-0.25, -0.2) is 0 Å². The minimum Gasteiger partial charge on any atom is -0.496 e. The van der Waals surface area contributed by atoms with Gasteiger partial charge in [0.05, 0.1) is 25.4 Å². The number of hydrogen-bond acceptors (Lipinski definition) is 6. The Morgan fingerprint density at radius 2 is 1.96 bits per heavy atom. The van der Waals surface area contributed by atoms with E-state index in [0.717, 1.165) is 55.5 Å². The lowest BCUT2D eigenvalue weighted by Crippen LogP contribution is -2.49. The van der Waals surface area contributed by atoms with Crippen LogP contribution < -0.4 is 10.1 Å². The van der Waals surface area contributed by atoms with Gasteiger partial charge in [0.2, 0.25) is 5.91 Å². The number of rotatable bonds is 7. The molecule has 7 heteroatoms. The molecule has 1 unspecified atom stereocenters. The Labute approximate surface area is 160 Å². The average Bonchev–Trinajstić information content (AvgIpc) is 3.08. The van der Waals surface area contributed by atoms with Crippen LogP contribution in [0, 0.1) is 6.92 Å². The van der Waals surface area contributed by atoms with Crippen LogP contribution in [0.5, 0.6) is 5.75 Å². The minimum atomic E-state index is -0.0923. The van der Waals surface area contributed by atoms with Crippen molar-refractivity contribution in [3.8, 4) is 5.75 Å². The second-order valence-corrected chi connectivity index (χ2v) is 7.01.